The first-order valence-corrected chi connectivity index (χ1v) is 11.0. The maximum Gasteiger partial charge on any atom is 0.246 e. The van der Waals surface area contributed by atoms with Crippen molar-refractivity contribution in [1.82, 2.24) is 10.2 Å². The van der Waals surface area contributed by atoms with Crippen molar-refractivity contribution in [2.24, 2.45) is 0 Å². The van der Waals surface area contributed by atoms with Gasteiger partial charge in [0.15, 0.2) is 0 Å². The number of carbonyl (C=O) groups excluding carboxylic acids is 2. The lowest BCUT2D eigenvalue weighted by atomic mass is 9.99. The fourth-order valence-corrected chi connectivity index (χ4v) is 3.96. The number of amides is 2. The van der Waals surface area contributed by atoms with E-state index in [1.807, 2.05) is 84.9 Å². The molecule has 1 heterocycles. The van der Waals surface area contributed by atoms with Gasteiger partial charge in [-0.15, -0.1) is 0 Å². The summed E-state index contributed by atoms with van der Waals surface area (Å²) in [5.74, 6) is 0.436. The molecule has 33 heavy (non-hydrogen) atoms. The molecular weight excluding hydrogens is 416 g/mol. The molecule has 3 aromatic carbocycles. The van der Waals surface area contributed by atoms with Gasteiger partial charge in [-0.3, -0.25) is 9.59 Å². The fourth-order valence-electron chi connectivity index (χ4n) is 3.96. The van der Waals surface area contributed by atoms with E-state index < -0.39 is 12.1 Å². The molecule has 1 fully saturated rings. The number of benzene rings is 3. The Morgan fingerprint density at radius 1 is 0.818 bits per heavy atom. The Balaban J connectivity index is 1.51. The summed E-state index contributed by atoms with van der Waals surface area (Å²) in [7, 11) is 1.61. The van der Waals surface area contributed by atoms with Crippen molar-refractivity contribution in [3.63, 3.8) is 0 Å². The number of ether oxygens (including phenoxy) is 2. The summed E-state index contributed by atoms with van der Waals surface area (Å²) in [4.78, 5) is 28.2. The Morgan fingerprint density at radius 2 is 1.45 bits per heavy atom. The molecule has 0 aliphatic carbocycles. The van der Waals surface area contributed by atoms with Gasteiger partial charge in [-0.2, -0.15) is 0 Å². The Kier molecular flexibility index (Phi) is 7.37. The van der Waals surface area contributed by atoms with Gasteiger partial charge in [0, 0.05) is 13.0 Å². The average Bonchev–Trinajstić information content (AvgIpc) is 2.85. The lowest BCUT2D eigenvalue weighted by molar-refractivity contribution is -0.152. The zero-order chi connectivity index (χ0) is 23.0. The Morgan fingerprint density at radius 3 is 2.09 bits per heavy atom. The maximum atomic E-state index is 13.5. The molecule has 1 N–H and O–H groups in total. The summed E-state index contributed by atoms with van der Waals surface area (Å²) in [5, 5.41) is 2.92. The molecule has 6 heteroatoms. The predicted molar refractivity (Wildman–Crippen MR) is 126 cm³/mol. The molecule has 0 aromatic heterocycles. The number of hydrogen-bond acceptors (Lipinski definition) is 4. The van der Waals surface area contributed by atoms with Crippen LogP contribution in [0.3, 0.4) is 0 Å². The number of nitrogens with one attached hydrogen (secondary N) is 1. The number of piperazine rings is 1. The molecule has 1 aliphatic rings. The first-order chi connectivity index (χ1) is 16.1. The van der Waals surface area contributed by atoms with Crippen LogP contribution in [-0.4, -0.2) is 42.5 Å². The third-order valence-corrected chi connectivity index (χ3v) is 5.76. The largest absolute Gasteiger partial charge is 0.497 e. The predicted octanol–water partition coefficient (Wildman–Crippen LogP) is 3.35. The van der Waals surface area contributed by atoms with Crippen molar-refractivity contribution < 1.29 is 19.1 Å². The summed E-state index contributed by atoms with van der Waals surface area (Å²) >= 11 is 0. The van der Waals surface area contributed by atoms with Crippen LogP contribution in [0.4, 0.5) is 0 Å². The molecule has 0 radical (unpaired) electrons. The van der Waals surface area contributed by atoms with Crippen LogP contribution in [0.1, 0.15) is 16.7 Å². The molecular formula is C27H28N2O4. The van der Waals surface area contributed by atoms with Gasteiger partial charge in [0.2, 0.25) is 11.8 Å². The Bertz CT molecular complexity index is 1050. The zero-order valence-corrected chi connectivity index (χ0v) is 18.6. The van der Waals surface area contributed by atoms with Gasteiger partial charge < -0.3 is 19.7 Å². The minimum absolute atomic E-state index is 0.109. The molecule has 1 saturated heterocycles. The molecule has 0 saturated carbocycles. The second-order valence-electron chi connectivity index (χ2n) is 8.08. The first-order valence-electron chi connectivity index (χ1n) is 11.0. The smallest absolute Gasteiger partial charge is 0.246 e. The summed E-state index contributed by atoms with van der Waals surface area (Å²) < 4.78 is 11.1. The normalized spacial score (nSPS) is 18.2. The SMILES string of the molecule is COc1ccc(CN2C(=O)C(Cc3ccccc3)NC(=O)C2COCc2ccccc2)cc1. The van der Waals surface area contributed by atoms with E-state index in [9.17, 15) is 9.59 Å². The van der Waals surface area contributed by atoms with Crippen LogP contribution in [0.25, 0.3) is 0 Å². The molecule has 4 rings (SSSR count). The van der Waals surface area contributed by atoms with E-state index in [-0.39, 0.29) is 18.4 Å². The third kappa shape index (κ3) is 5.79. The highest BCUT2D eigenvalue weighted by Crippen LogP contribution is 2.20. The molecule has 2 atom stereocenters. The maximum absolute atomic E-state index is 13.5. The van der Waals surface area contributed by atoms with Crippen molar-refractivity contribution in [2.75, 3.05) is 13.7 Å². The van der Waals surface area contributed by atoms with Gasteiger partial charge in [0.05, 0.1) is 20.3 Å². The van der Waals surface area contributed by atoms with E-state index >= 15 is 0 Å². The van der Waals surface area contributed by atoms with Gasteiger partial charge in [-0.05, 0) is 28.8 Å². The number of hydrogen-bond donors (Lipinski definition) is 1. The third-order valence-electron chi connectivity index (χ3n) is 5.76. The lowest BCUT2D eigenvalue weighted by Crippen LogP contribution is -2.64. The standard InChI is InChI=1S/C27H28N2O4/c1-32-23-14-12-21(13-15-23)17-29-25(19-33-18-22-10-6-3-7-11-22)26(30)28-24(27(29)31)16-20-8-4-2-5-9-20/h2-15,24-25H,16-19H2,1H3,(H,28,30). The van der Waals surface area contributed by atoms with Gasteiger partial charge in [-0.1, -0.05) is 72.8 Å². The number of rotatable bonds is 9. The highest BCUT2D eigenvalue weighted by molar-refractivity contribution is 5.97. The lowest BCUT2D eigenvalue weighted by Gasteiger charge is -2.39. The van der Waals surface area contributed by atoms with Crippen molar-refractivity contribution in [2.45, 2.75) is 31.7 Å². The second kappa shape index (κ2) is 10.8. The van der Waals surface area contributed by atoms with Crippen LogP contribution in [0.2, 0.25) is 0 Å². The second-order valence-corrected chi connectivity index (χ2v) is 8.08. The fraction of sp³-hybridized carbons (Fsp3) is 0.259. The van der Waals surface area contributed by atoms with Crippen molar-refractivity contribution in [1.29, 1.82) is 0 Å². The van der Waals surface area contributed by atoms with Crippen LogP contribution in [-0.2, 0) is 33.9 Å². The van der Waals surface area contributed by atoms with Crippen LogP contribution in [0.15, 0.2) is 84.9 Å². The molecule has 170 valence electrons. The van der Waals surface area contributed by atoms with Crippen molar-refractivity contribution in [3.8, 4) is 5.75 Å². The molecule has 2 amide bonds. The molecule has 1 aliphatic heterocycles. The molecule has 6 nitrogen and oxygen atoms in total. The monoisotopic (exact) mass is 444 g/mol. The van der Waals surface area contributed by atoms with E-state index in [1.165, 1.54) is 0 Å². The van der Waals surface area contributed by atoms with Gasteiger partial charge in [0.1, 0.15) is 17.8 Å². The van der Waals surface area contributed by atoms with Crippen LogP contribution in [0.5, 0.6) is 5.75 Å². The Labute approximate surface area is 194 Å². The average molecular weight is 445 g/mol. The highest BCUT2D eigenvalue weighted by atomic mass is 16.5. The van der Waals surface area contributed by atoms with Gasteiger partial charge in [0.25, 0.3) is 0 Å². The highest BCUT2D eigenvalue weighted by Gasteiger charge is 2.40. The van der Waals surface area contributed by atoms with Gasteiger partial charge in [-0.25, -0.2) is 0 Å². The minimum Gasteiger partial charge on any atom is -0.497 e. The van der Waals surface area contributed by atoms with Gasteiger partial charge >= 0.3 is 0 Å². The minimum atomic E-state index is -0.699. The molecule has 3 aromatic rings. The van der Waals surface area contributed by atoms with Crippen molar-refractivity contribution in [3.05, 3.63) is 102 Å². The number of nitrogens with zero attached hydrogens (tertiary/aromatic N) is 1. The van der Waals surface area contributed by atoms with E-state index in [4.69, 9.17) is 9.47 Å². The topological polar surface area (TPSA) is 67.9 Å². The Hall–Kier alpha value is -3.64. The van der Waals surface area contributed by atoms with Crippen molar-refractivity contribution >= 4 is 11.8 Å². The summed E-state index contributed by atoms with van der Waals surface area (Å²) in [5.41, 5.74) is 2.94. The number of carbonyl (C=O) groups is 2. The quantitative estimate of drug-likeness (QED) is 0.550. The summed E-state index contributed by atoms with van der Waals surface area (Å²) in [6.45, 7) is 0.824. The van der Waals surface area contributed by atoms with Crippen LogP contribution >= 0.6 is 0 Å². The summed E-state index contributed by atoms with van der Waals surface area (Å²) in [6, 6.07) is 25.7. The molecule has 2 unspecified atom stereocenters. The van der Waals surface area contributed by atoms with E-state index in [0.29, 0.717) is 19.6 Å². The summed E-state index contributed by atoms with van der Waals surface area (Å²) in [6.07, 6.45) is 0.447. The van der Waals surface area contributed by atoms with E-state index in [2.05, 4.69) is 5.32 Å². The van der Waals surface area contributed by atoms with E-state index in [0.717, 1.165) is 22.4 Å². The van der Waals surface area contributed by atoms with Crippen LogP contribution in [0, 0.1) is 0 Å². The van der Waals surface area contributed by atoms with Crippen LogP contribution < -0.4 is 10.1 Å². The number of methoxy groups -OCH3 is 1. The zero-order valence-electron chi connectivity index (χ0n) is 18.6. The van der Waals surface area contributed by atoms with E-state index in [1.54, 1.807) is 12.0 Å². The molecule has 0 bridgehead atoms. The molecule has 0 spiro atoms. The first kappa shape index (κ1) is 22.6.